The molecule has 0 atom stereocenters. The van der Waals surface area contributed by atoms with Crippen LogP contribution in [-0.2, 0) is 18.4 Å². The molecule has 0 aliphatic carbocycles. The Morgan fingerprint density at radius 3 is 2.75 bits per heavy atom. The molecule has 0 saturated heterocycles. The van der Waals surface area contributed by atoms with Crippen molar-refractivity contribution in [2.75, 3.05) is 0 Å². The van der Waals surface area contributed by atoms with E-state index in [4.69, 9.17) is 15.0 Å². The van der Waals surface area contributed by atoms with Gasteiger partial charge in [0.05, 0.1) is 38.8 Å². The number of pyridine rings is 1. The summed E-state index contributed by atoms with van der Waals surface area (Å²) in [7, 11) is 1.81. The molecule has 0 saturated carbocycles. The number of aryl methyl sites for hydroxylation is 2. The van der Waals surface area contributed by atoms with Crippen LogP contribution in [0.25, 0.3) is 21.6 Å². The van der Waals surface area contributed by atoms with Crippen molar-refractivity contribution in [2.45, 2.75) is 13.5 Å². The van der Waals surface area contributed by atoms with Crippen molar-refractivity contribution in [3.8, 4) is 16.6 Å². The number of ether oxygens (including phenoxy) is 1. The zero-order valence-corrected chi connectivity index (χ0v) is 16.2. The Balaban J connectivity index is 1.69. The van der Waals surface area contributed by atoms with E-state index in [9.17, 15) is 4.79 Å². The summed E-state index contributed by atoms with van der Waals surface area (Å²) in [6.07, 6.45) is 0. The van der Waals surface area contributed by atoms with E-state index < -0.39 is 5.97 Å². The van der Waals surface area contributed by atoms with E-state index in [0.717, 1.165) is 21.8 Å². The first kappa shape index (κ1) is 17.9. The van der Waals surface area contributed by atoms with E-state index in [2.05, 4.69) is 11.2 Å². The van der Waals surface area contributed by atoms with Gasteiger partial charge in [-0.3, -0.25) is 4.68 Å². The SMILES string of the molecule is Cc1nn(C)c2nc(-c3cccs3)cc(C(=O)OCc3ccc(C#N)cc3)c12. The third-order valence-corrected chi connectivity index (χ3v) is 5.31. The van der Waals surface area contributed by atoms with Crippen LogP contribution in [0.4, 0.5) is 0 Å². The molecule has 0 amide bonds. The van der Waals surface area contributed by atoms with Crippen molar-refractivity contribution in [3.63, 3.8) is 0 Å². The van der Waals surface area contributed by atoms with Crippen molar-refractivity contribution in [1.29, 1.82) is 5.26 Å². The van der Waals surface area contributed by atoms with Crippen LogP contribution in [-0.4, -0.2) is 20.7 Å². The molecule has 0 bridgehead atoms. The smallest absolute Gasteiger partial charge is 0.339 e. The van der Waals surface area contributed by atoms with Gasteiger partial charge in [-0.25, -0.2) is 9.78 Å². The maximum absolute atomic E-state index is 12.9. The van der Waals surface area contributed by atoms with Crippen LogP contribution in [0.1, 0.15) is 27.2 Å². The fourth-order valence-corrected chi connectivity index (χ4v) is 3.74. The minimum atomic E-state index is -0.425. The minimum absolute atomic E-state index is 0.127. The van der Waals surface area contributed by atoms with Crippen LogP contribution in [0.2, 0.25) is 0 Å². The van der Waals surface area contributed by atoms with Gasteiger partial charge in [-0.15, -0.1) is 11.3 Å². The lowest BCUT2D eigenvalue weighted by Crippen LogP contribution is -2.07. The molecule has 1 aromatic carbocycles. The van der Waals surface area contributed by atoms with Crippen LogP contribution in [0.3, 0.4) is 0 Å². The lowest BCUT2D eigenvalue weighted by molar-refractivity contribution is 0.0475. The topological polar surface area (TPSA) is 80.8 Å². The molecule has 0 radical (unpaired) electrons. The molecular weight excluding hydrogens is 372 g/mol. The van der Waals surface area contributed by atoms with Gasteiger partial charge in [0.15, 0.2) is 5.65 Å². The first-order valence-electron chi connectivity index (χ1n) is 8.61. The summed E-state index contributed by atoms with van der Waals surface area (Å²) in [6, 6.07) is 14.7. The van der Waals surface area contributed by atoms with Gasteiger partial charge >= 0.3 is 5.97 Å². The number of hydrogen-bond donors (Lipinski definition) is 0. The highest BCUT2D eigenvalue weighted by Crippen LogP contribution is 2.29. The molecule has 0 aliphatic rings. The number of benzene rings is 1. The highest BCUT2D eigenvalue weighted by atomic mass is 32.1. The van der Waals surface area contributed by atoms with Gasteiger partial charge in [-0.05, 0) is 42.1 Å². The lowest BCUT2D eigenvalue weighted by Gasteiger charge is -2.08. The van der Waals surface area contributed by atoms with Crippen LogP contribution in [0.5, 0.6) is 0 Å². The van der Waals surface area contributed by atoms with Crippen molar-refractivity contribution in [3.05, 3.63) is 70.2 Å². The highest BCUT2D eigenvalue weighted by Gasteiger charge is 2.20. The zero-order chi connectivity index (χ0) is 19.7. The Labute approximate surface area is 165 Å². The van der Waals surface area contributed by atoms with Gasteiger partial charge in [0.2, 0.25) is 0 Å². The number of hydrogen-bond acceptors (Lipinski definition) is 6. The molecule has 0 N–H and O–H groups in total. The van der Waals surface area contributed by atoms with Crippen LogP contribution in [0.15, 0.2) is 47.8 Å². The number of aromatic nitrogens is 3. The molecule has 0 unspecified atom stereocenters. The Hall–Kier alpha value is -3.50. The number of fused-ring (bicyclic) bond motifs is 1. The number of nitriles is 1. The zero-order valence-electron chi connectivity index (χ0n) is 15.3. The molecule has 7 heteroatoms. The second-order valence-electron chi connectivity index (χ2n) is 6.32. The standard InChI is InChI=1S/C21H16N4O2S/c1-13-19-16(21(26)27-12-15-7-5-14(11-22)6-8-15)10-17(18-4-3-9-28-18)23-20(19)25(2)24-13/h3-10H,12H2,1-2H3. The molecule has 0 spiro atoms. The fourth-order valence-electron chi connectivity index (χ4n) is 3.06. The Morgan fingerprint density at radius 1 is 1.29 bits per heavy atom. The summed E-state index contributed by atoms with van der Waals surface area (Å²) in [5.74, 6) is -0.425. The van der Waals surface area contributed by atoms with Crippen molar-refractivity contribution >= 4 is 28.3 Å². The van der Waals surface area contributed by atoms with Gasteiger partial charge in [-0.1, -0.05) is 18.2 Å². The molecule has 3 aromatic heterocycles. The first-order chi connectivity index (χ1) is 13.6. The second-order valence-corrected chi connectivity index (χ2v) is 7.27. The molecule has 138 valence electrons. The molecule has 4 aromatic rings. The number of carbonyl (C=O) groups excluding carboxylic acids is 1. The van der Waals surface area contributed by atoms with E-state index in [1.165, 1.54) is 0 Å². The first-order valence-corrected chi connectivity index (χ1v) is 9.49. The quantitative estimate of drug-likeness (QED) is 0.489. The number of rotatable bonds is 4. The van der Waals surface area contributed by atoms with Gasteiger partial charge in [-0.2, -0.15) is 10.4 Å². The Morgan fingerprint density at radius 2 is 2.07 bits per heavy atom. The third-order valence-electron chi connectivity index (χ3n) is 4.42. The fraction of sp³-hybridized carbons (Fsp3) is 0.143. The monoisotopic (exact) mass is 388 g/mol. The largest absolute Gasteiger partial charge is 0.457 e. The van der Waals surface area contributed by atoms with Crippen LogP contribution >= 0.6 is 11.3 Å². The number of esters is 1. The number of carbonyl (C=O) groups is 1. The summed E-state index contributed by atoms with van der Waals surface area (Å²) >= 11 is 1.56. The summed E-state index contributed by atoms with van der Waals surface area (Å²) in [4.78, 5) is 18.6. The molecule has 6 nitrogen and oxygen atoms in total. The van der Waals surface area contributed by atoms with E-state index in [-0.39, 0.29) is 6.61 Å². The summed E-state index contributed by atoms with van der Waals surface area (Å²) in [5.41, 5.74) is 3.93. The van der Waals surface area contributed by atoms with Crippen molar-refractivity contribution in [1.82, 2.24) is 14.8 Å². The number of nitrogens with zero attached hydrogens (tertiary/aromatic N) is 4. The predicted octanol–water partition coefficient (Wildman–Crippen LogP) is 4.23. The molecular formula is C21H16N4O2S. The molecule has 0 fully saturated rings. The Bertz CT molecular complexity index is 1200. The van der Waals surface area contributed by atoms with Crippen molar-refractivity contribution in [2.24, 2.45) is 7.05 Å². The molecule has 3 heterocycles. The van der Waals surface area contributed by atoms with E-state index in [1.54, 1.807) is 46.4 Å². The molecule has 4 rings (SSSR count). The van der Waals surface area contributed by atoms with Crippen LogP contribution in [0, 0.1) is 18.3 Å². The second kappa shape index (κ2) is 7.25. The van der Waals surface area contributed by atoms with Gasteiger partial charge in [0.1, 0.15) is 6.61 Å². The van der Waals surface area contributed by atoms with E-state index >= 15 is 0 Å². The number of thiophene rings is 1. The normalized spacial score (nSPS) is 10.8. The van der Waals surface area contributed by atoms with E-state index in [1.807, 2.05) is 31.5 Å². The summed E-state index contributed by atoms with van der Waals surface area (Å²) < 4.78 is 7.23. The minimum Gasteiger partial charge on any atom is -0.457 e. The predicted molar refractivity (Wildman–Crippen MR) is 107 cm³/mol. The Kier molecular flexibility index (Phi) is 4.63. The average molecular weight is 388 g/mol. The highest BCUT2D eigenvalue weighted by molar-refractivity contribution is 7.13. The van der Waals surface area contributed by atoms with E-state index in [0.29, 0.717) is 22.2 Å². The maximum Gasteiger partial charge on any atom is 0.339 e. The molecule has 28 heavy (non-hydrogen) atoms. The lowest BCUT2D eigenvalue weighted by atomic mass is 10.1. The maximum atomic E-state index is 12.9. The third kappa shape index (κ3) is 3.26. The van der Waals surface area contributed by atoms with Crippen molar-refractivity contribution < 1.29 is 9.53 Å². The van der Waals surface area contributed by atoms with Gasteiger partial charge in [0.25, 0.3) is 0 Å². The summed E-state index contributed by atoms with van der Waals surface area (Å²) in [5, 5.41) is 16.0. The molecule has 0 aliphatic heterocycles. The summed E-state index contributed by atoms with van der Waals surface area (Å²) in [6.45, 7) is 1.98. The van der Waals surface area contributed by atoms with Crippen LogP contribution < -0.4 is 0 Å². The average Bonchev–Trinajstić information content (AvgIpc) is 3.34. The van der Waals surface area contributed by atoms with Gasteiger partial charge in [0, 0.05) is 7.05 Å². The van der Waals surface area contributed by atoms with Gasteiger partial charge < -0.3 is 4.74 Å².